The maximum atomic E-state index is 11.4. The molecule has 4 rings (SSSR count). The third kappa shape index (κ3) is 12.8. The summed E-state index contributed by atoms with van der Waals surface area (Å²) in [7, 11) is 0. The van der Waals surface area contributed by atoms with E-state index in [0.717, 1.165) is 16.8 Å². The van der Waals surface area contributed by atoms with E-state index in [0.29, 0.717) is 23.1 Å². The molecule has 0 atom stereocenters. The van der Waals surface area contributed by atoms with Crippen molar-refractivity contribution in [1.29, 1.82) is 0 Å². The fourth-order valence-corrected chi connectivity index (χ4v) is 3.50. The lowest BCUT2D eigenvalue weighted by Crippen LogP contribution is -2.39. The summed E-state index contributed by atoms with van der Waals surface area (Å²) in [6.45, 7) is 5.04. The Morgan fingerprint density at radius 1 is 0.900 bits per heavy atom. The molecule has 1 aliphatic heterocycles. The van der Waals surface area contributed by atoms with E-state index in [-0.39, 0.29) is 30.7 Å². The van der Waals surface area contributed by atoms with Crippen molar-refractivity contribution < 1.29 is 37.9 Å². The number of H-pyrrole nitrogens is 1. The lowest BCUT2D eigenvalue weighted by molar-refractivity contribution is -0.231. The molecule has 1 saturated heterocycles. The molecule has 0 spiro atoms. The molecule has 0 unspecified atom stereocenters. The zero-order valence-electron chi connectivity index (χ0n) is 22.2. The fourth-order valence-electron chi connectivity index (χ4n) is 3.25. The Balaban J connectivity index is 0.000000216. The molecule has 1 fully saturated rings. The average Bonchev–Trinajstić information content (AvgIpc) is 3.26. The van der Waals surface area contributed by atoms with E-state index < -0.39 is 23.7 Å². The van der Waals surface area contributed by atoms with Gasteiger partial charge < -0.3 is 18.7 Å². The molecule has 2 aromatic carbocycles. The van der Waals surface area contributed by atoms with Crippen LogP contribution in [-0.2, 0) is 46.2 Å². The Kier molecular flexibility index (Phi) is 12.6. The van der Waals surface area contributed by atoms with Crippen LogP contribution < -0.4 is 5.63 Å². The van der Waals surface area contributed by atoms with Gasteiger partial charge >= 0.3 is 23.5 Å². The second kappa shape index (κ2) is 15.6. The van der Waals surface area contributed by atoms with E-state index in [9.17, 15) is 24.0 Å². The topological polar surface area (TPSA) is 142 Å². The maximum absolute atomic E-state index is 11.4. The Hall–Kier alpha value is -3.89. The Morgan fingerprint density at radius 2 is 1.43 bits per heavy atom. The third-order valence-electron chi connectivity index (χ3n) is 4.85. The van der Waals surface area contributed by atoms with Crippen molar-refractivity contribution in [3.8, 4) is 0 Å². The van der Waals surface area contributed by atoms with Crippen molar-refractivity contribution in [1.82, 2.24) is 5.16 Å². The Labute approximate surface area is 240 Å². The number of hydrogen-bond donors (Lipinski definition) is 1. The highest BCUT2D eigenvalue weighted by molar-refractivity contribution is 6.30. The molecule has 0 amide bonds. The van der Waals surface area contributed by atoms with E-state index >= 15 is 0 Å². The quantitative estimate of drug-likeness (QED) is 0.301. The monoisotopic (exact) mass is 593 g/mol. The highest BCUT2D eigenvalue weighted by Crippen LogP contribution is 2.18. The summed E-state index contributed by atoms with van der Waals surface area (Å²) in [5.74, 6) is -2.75. The SMILES string of the molecule is CC1(C)OC(=O)CC(=O)O1.CCOC(=O)CC(=O)Cc1ccc(Cl)cc1.O=c1cc(Cc2ccc(Cl)cc2)[nH]o1. The maximum Gasteiger partial charge on any atom is 0.357 e. The zero-order valence-corrected chi connectivity index (χ0v) is 23.7. The van der Waals surface area contributed by atoms with Gasteiger partial charge in [0.05, 0.1) is 12.3 Å². The summed E-state index contributed by atoms with van der Waals surface area (Å²) < 4.78 is 18.6. The fraction of sp³-hybridized carbons (Fsp3) is 0.321. The standard InChI is InChI=1S/C12H13ClO3.C10H8ClNO2.C6H8O4/c1-2-16-12(15)8-11(14)7-9-3-5-10(13)6-4-9;11-8-3-1-7(2-4-8)5-9-6-10(13)14-12-9;1-6(2)9-4(7)3-5(8)10-6/h3-6H,2,7-8H2,1H3;1-4,6,12H,5H2;3H2,1-2H3. The molecule has 0 saturated carbocycles. The number of carbonyl (C=O) groups excluding carboxylic acids is 4. The van der Waals surface area contributed by atoms with Gasteiger partial charge in [0.15, 0.2) is 0 Å². The van der Waals surface area contributed by atoms with Gasteiger partial charge in [-0.1, -0.05) is 47.5 Å². The lowest BCUT2D eigenvalue weighted by Gasteiger charge is -2.28. The van der Waals surface area contributed by atoms with Crippen LogP contribution in [0.2, 0.25) is 10.0 Å². The first-order valence-corrected chi connectivity index (χ1v) is 12.9. The number of cyclic esters (lactones) is 2. The summed E-state index contributed by atoms with van der Waals surface area (Å²) >= 11 is 11.5. The van der Waals surface area contributed by atoms with Crippen LogP contribution >= 0.6 is 23.2 Å². The minimum absolute atomic E-state index is 0.152. The van der Waals surface area contributed by atoms with Gasteiger partial charge in [0.25, 0.3) is 5.79 Å². The van der Waals surface area contributed by atoms with Crippen LogP contribution in [-0.4, -0.2) is 41.2 Å². The molecular weight excluding hydrogens is 565 g/mol. The van der Waals surface area contributed by atoms with Crippen molar-refractivity contribution in [3.63, 3.8) is 0 Å². The number of esters is 3. The second-order valence-electron chi connectivity index (χ2n) is 8.84. The minimum Gasteiger partial charge on any atom is -0.466 e. The zero-order chi connectivity index (χ0) is 29.7. The van der Waals surface area contributed by atoms with E-state index in [1.54, 1.807) is 31.2 Å². The number of rotatable bonds is 7. The van der Waals surface area contributed by atoms with E-state index in [2.05, 4.69) is 23.9 Å². The molecule has 1 aliphatic rings. The number of carbonyl (C=O) groups is 4. The smallest absolute Gasteiger partial charge is 0.357 e. The van der Waals surface area contributed by atoms with E-state index in [4.69, 9.17) is 23.2 Å². The first-order chi connectivity index (χ1) is 18.8. The summed E-state index contributed by atoms with van der Waals surface area (Å²) in [6, 6.07) is 15.9. The normalized spacial score (nSPS) is 13.4. The molecule has 12 heteroatoms. The van der Waals surface area contributed by atoms with Gasteiger partial charge in [-0.3, -0.25) is 19.2 Å². The molecule has 0 aliphatic carbocycles. The van der Waals surface area contributed by atoms with Gasteiger partial charge in [0.2, 0.25) is 0 Å². The predicted octanol–water partition coefficient (Wildman–Crippen LogP) is 4.83. The van der Waals surface area contributed by atoms with Crippen LogP contribution in [0, 0.1) is 0 Å². The molecule has 2 heterocycles. The molecule has 0 radical (unpaired) electrons. The molecule has 3 aromatic rings. The number of halogens is 2. The number of Topliss-reactive ketones (excluding diaryl/α,β-unsaturated/α-hetero) is 1. The minimum atomic E-state index is -1.08. The van der Waals surface area contributed by atoms with E-state index in [1.165, 1.54) is 19.9 Å². The van der Waals surface area contributed by atoms with Crippen LogP contribution in [0.25, 0.3) is 0 Å². The molecule has 10 nitrogen and oxygen atoms in total. The van der Waals surface area contributed by atoms with Gasteiger partial charge in [-0.15, -0.1) is 0 Å². The molecular formula is C28H29Cl2NO9. The summed E-state index contributed by atoms with van der Waals surface area (Å²) in [5, 5.41) is 3.88. The molecule has 40 heavy (non-hydrogen) atoms. The van der Waals surface area contributed by atoms with Crippen molar-refractivity contribution in [2.24, 2.45) is 0 Å². The summed E-state index contributed by atoms with van der Waals surface area (Å²) in [5.41, 5.74) is 2.33. The van der Waals surface area contributed by atoms with Crippen LogP contribution in [0.1, 0.15) is 50.4 Å². The van der Waals surface area contributed by atoms with Crippen molar-refractivity contribution in [3.05, 3.63) is 91.9 Å². The van der Waals surface area contributed by atoms with Gasteiger partial charge in [0.1, 0.15) is 18.6 Å². The van der Waals surface area contributed by atoms with Gasteiger partial charge in [-0.05, 0) is 42.3 Å². The van der Waals surface area contributed by atoms with Gasteiger partial charge in [-0.25, -0.2) is 9.95 Å². The van der Waals surface area contributed by atoms with Crippen molar-refractivity contribution in [2.75, 3.05) is 6.61 Å². The van der Waals surface area contributed by atoms with Crippen molar-refractivity contribution >= 4 is 46.9 Å². The summed E-state index contributed by atoms with van der Waals surface area (Å²) in [6.07, 6.45) is 0.429. The highest BCUT2D eigenvalue weighted by atomic mass is 35.5. The second-order valence-corrected chi connectivity index (χ2v) is 9.72. The number of benzene rings is 2. The van der Waals surface area contributed by atoms with Gasteiger partial charge in [-0.2, -0.15) is 0 Å². The van der Waals surface area contributed by atoms with Crippen LogP contribution in [0.5, 0.6) is 0 Å². The third-order valence-corrected chi connectivity index (χ3v) is 5.36. The number of ether oxygens (including phenoxy) is 3. The first kappa shape index (κ1) is 32.3. The highest BCUT2D eigenvalue weighted by Gasteiger charge is 2.34. The average molecular weight is 594 g/mol. The predicted molar refractivity (Wildman–Crippen MR) is 146 cm³/mol. The Morgan fingerprint density at radius 3 is 1.88 bits per heavy atom. The lowest BCUT2D eigenvalue weighted by atomic mass is 10.1. The van der Waals surface area contributed by atoms with Crippen LogP contribution in [0.15, 0.2) is 63.9 Å². The molecule has 214 valence electrons. The number of aromatic nitrogens is 1. The first-order valence-electron chi connectivity index (χ1n) is 12.1. The summed E-state index contributed by atoms with van der Waals surface area (Å²) in [4.78, 5) is 54.3. The van der Waals surface area contributed by atoms with E-state index in [1.807, 2.05) is 24.3 Å². The molecule has 0 bridgehead atoms. The number of aromatic amines is 1. The number of hydrogen-bond acceptors (Lipinski definition) is 9. The van der Waals surface area contributed by atoms with Crippen LogP contribution in [0.3, 0.4) is 0 Å². The molecule has 1 aromatic heterocycles. The number of nitrogens with one attached hydrogen (secondary N) is 1. The largest absolute Gasteiger partial charge is 0.466 e. The molecule has 1 N–H and O–H groups in total. The van der Waals surface area contributed by atoms with Crippen LogP contribution in [0.4, 0.5) is 0 Å². The van der Waals surface area contributed by atoms with Crippen molar-refractivity contribution in [2.45, 2.75) is 52.2 Å². The van der Waals surface area contributed by atoms with Gasteiger partial charge in [0, 0.05) is 42.8 Å². The number of ketones is 1. The Bertz CT molecular complexity index is 1330.